The first-order valence-electron chi connectivity index (χ1n) is 10.6. The van der Waals surface area contributed by atoms with Crippen LogP contribution in [0.15, 0.2) is 66.2 Å². The van der Waals surface area contributed by atoms with Crippen molar-refractivity contribution in [3.8, 4) is 11.5 Å². The maximum atomic E-state index is 13.9. The number of carbonyl (C=O) groups is 3. The van der Waals surface area contributed by atoms with Crippen molar-refractivity contribution >= 4 is 46.9 Å². The maximum absolute atomic E-state index is 13.9. The normalized spacial score (nSPS) is 14.5. The monoisotopic (exact) mass is 525 g/mol. The number of nitro benzene ring substituents is 1. The quantitative estimate of drug-likeness (QED) is 0.206. The second kappa shape index (κ2) is 10.5. The third-order valence-electron chi connectivity index (χ3n) is 5.29. The molecule has 3 aromatic rings. The zero-order chi connectivity index (χ0) is 26.7. The molecule has 1 fully saturated rings. The lowest BCUT2D eigenvalue weighted by Gasteiger charge is -2.26. The van der Waals surface area contributed by atoms with Crippen molar-refractivity contribution < 1.29 is 33.2 Å². The summed E-state index contributed by atoms with van der Waals surface area (Å²) in [5, 5.41) is 13.2. The van der Waals surface area contributed by atoms with Crippen molar-refractivity contribution in [3.05, 3.63) is 98.3 Å². The molecule has 37 heavy (non-hydrogen) atoms. The molecule has 0 atom stereocenters. The van der Waals surface area contributed by atoms with Gasteiger partial charge in [0, 0.05) is 17.7 Å². The van der Waals surface area contributed by atoms with Crippen LogP contribution in [-0.4, -0.2) is 29.9 Å². The Hall–Kier alpha value is -4.77. The molecule has 1 heterocycles. The Balaban J connectivity index is 1.66. The number of halogens is 2. The summed E-state index contributed by atoms with van der Waals surface area (Å²) in [6, 6.07) is 12.7. The van der Waals surface area contributed by atoms with Gasteiger partial charge in [0.05, 0.1) is 22.7 Å². The summed E-state index contributed by atoms with van der Waals surface area (Å²) in [7, 11) is 1.35. The molecule has 0 aromatic heterocycles. The van der Waals surface area contributed by atoms with E-state index in [0.29, 0.717) is 10.5 Å². The lowest BCUT2D eigenvalue weighted by molar-refractivity contribution is -0.384. The van der Waals surface area contributed by atoms with Gasteiger partial charge in [-0.2, -0.15) is 0 Å². The molecule has 3 aromatic carbocycles. The van der Waals surface area contributed by atoms with Crippen molar-refractivity contribution in [1.82, 2.24) is 5.32 Å². The molecule has 1 N–H and O–H groups in total. The van der Waals surface area contributed by atoms with E-state index in [-0.39, 0.29) is 40.1 Å². The molecular weight excluding hydrogens is 509 g/mol. The number of barbiturate groups is 1. The third kappa shape index (κ3) is 5.26. The molecule has 4 rings (SSSR count). The lowest BCUT2D eigenvalue weighted by atomic mass is 10.1. The van der Waals surface area contributed by atoms with Gasteiger partial charge in [-0.3, -0.25) is 25.0 Å². The van der Waals surface area contributed by atoms with Crippen LogP contribution in [0.3, 0.4) is 0 Å². The van der Waals surface area contributed by atoms with Crippen LogP contribution in [0.25, 0.3) is 6.08 Å². The summed E-state index contributed by atoms with van der Waals surface area (Å²) in [5.74, 6) is -2.16. The Morgan fingerprint density at radius 2 is 1.86 bits per heavy atom. The van der Waals surface area contributed by atoms with Gasteiger partial charge < -0.3 is 9.47 Å². The van der Waals surface area contributed by atoms with Crippen LogP contribution in [-0.2, 0) is 16.2 Å². The fourth-order valence-electron chi connectivity index (χ4n) is 3.53. The molecule has 0 saturated carbocycles. The van der Waals surface area contributed by atoms with E-state index < -0.39 is 34.2 Å². The fourth-order valence-corrected chi connectivity index (χ4v) is 3.81. The van der Waals surface area contributed by atoms with Gasteiger partial charge in [-0.05, 0) is 35.9 Å². The highest BCUT2D eigenvalue weighted by atomic mass is 35.5. The molecule has 0 unspecified atom stereocenters. The smallest absolute Gasteiger partial charge is 0.335 e. The number of benzene rings is 3. The molecular formula is C25H17ClFN3O7. The van der Waals surface area contributed by atoms with Crippen molar-refractivity contribution in [2.75, 3.05) is 12.0 Å². The van der Waals surface area contributed by atoms with E-state index in [2.05, 4.69) is 0 Å². The number of hydrogen-bond donors (Lipinski definition) is 1. The molecule has 1 aliphatic heterocycles. The number of methoxy groups -OCH3 is 1. The van der Waals surface area contributed by atoms with E-state index in [1.165, 1.54) is 49.6 Å². The molecule has 0 radical (unpaired) electrons. The Labute approximate surface area is 214 Å². The molecule has 12 heteroatoms. The number of nitrogens with zero attached hydrogens (tertiary/aromatic N) is 2. The summed E-state index contributed by atoms with van der Waals surface area (Å²) in [4.78, 5) is 49.0. The molecule has 0 bridgehead atoms. The summed E-state index contributed by atoms with van der Waals surface area (Å²) in [6.45, 7) is -0.135. The van der Waals surface area contributed by atoms with Gasteiger partial charge in [-0.15, -0.1) is 0 Å². The van der Waals surface area contributed by atoms with Crippen LogP contribution in [0.1, 0.15) is 11.1 Å². The minimum atomic E-state index is -1.06. The van der Waals surface area contributed by atoms with Crippen LogP contribution in [0.4, 0.5) is 20.6 Å². The maximum Gasteiger partial charge on any atom is 0.335 e. The zero-order valence-electron chi connectivity index (χ0n) is 19.1. The summed E-state index contributed by atoms with van der Waals surface area (Å²) >= 11 is 6.36. The van der Waals surface area contributed by atoms with Gasteiger partial charge in [-0.1, -0.05) is 35.9 Å². The number of ether oxygens (including phenoxy) is 2. The number of hydrogen-bond acceptors (Lipinski definition) is 7. The number of nitrogens with one attached hydrogen (secondary N) is 1. The summed E-state index contributed by atoms with van der Waals surface area (Å²) < 4.78 is 24.9. The van der Waals surface area contributed by atoms with E-state index in [1.54, 1.807) is 18.2 Å². The lowest BCUT2D eigenvalue weighted by Crippen LogP contribution is -2.54. The molecule has 0 spiro atoms. The second-order valence-electron chi connectivity index (χ2n) is 7.65. The fraction of sp³-hybridized carbons (Fsp3) is 0.0800. The van der Waals surface area contributed by atoms with Gasteiger partial charge >= 0.3 is 6.03 Å². The zero-order valence-corrected chi connectivity index (χ0v) is 19.8. The van der Waals surface area contributed by atoms with E-state index >= 15 is 0 Å². The summed E-state index contributed by atoms with van der Waals surface area (Å²) in [5.41, 5.74) is -0.316. The van der Waals surface area contributed by atoms with E-state index in [4.69, 9.17) is 21.1 Å². The van der Waals surface area contributed by atoms with E-state index in [1.807, 2.05) is 5.32 Å². The molecule has 1 saturated heterocycles. The van der Waals surface area contributed by atoms with Crippen LogP contribution >= 0.6 is 11.6 Å². The number of anilines is 1. The van der Waals surface area contributed by atoms with Crippen LogP contribution < -0.4 is 19.7 Å². The molecule has 188 valence electrons. The van der Waals surface area contributed by atoms with Gasteiger partial charge in [0.2, 0.25) is 0 Å². The van der Waals surface area contributed by atoms with Gasteiger partial charge in [0.1, 0.15) is 18.0 Å². The first kappa shape index (κ1) is 25.3. The Morgan fingerprint density at radius 1 is 1.11 bits per heavy atom. The van der Waals surface area contributed by atoms with Gasteiger partial charge in [0.15, 0.2) is 11.5 Å². The Kier molecular flexibility index (Phi) is 7.16. The SMILES string of the molecule is COc1cc(/C=C2\C(=O)NC(=O)N(c3cccc([N+](=O)[O-])c3)C2=O)cc(Cl)c1OCc1ccccc1F. The predicted octanol–water partition coefficient (Wildman–Crippen LogP) is 4.64. The number of rotatable bonds is 7. The van der Waals surface area contributed by atoms with Crippen molar-refractivity contribution in [2.24, 2.45) is 0 Å². The number of imide groups is 2. The number of carbonyl (C=O) groups excluding carboxylic acids is 3. The van der Waals surface area contributed by atoms with Crippen LogP contribution in [0.2, 0.25) is 5.02 Å². The highest BCUT2D eigenvalue weighted by Crippen LogP contribution is 2.38. The third-order valence-corrected chi connectivity index (χ3v) is 5.57. The summed E-state index contributed by atoms with van der Waals surface area (Å²) in [6.07, 6.45) is 1.18. The average molecular weight is 526 g/mol. The van der Waals surface area contributed by atoms with E-state index in [0.717, 1.165) is 6.07 Å². The van der Waals surface area contributed by atoms with Gasteiger partial charge in [0.25, 0.3) is 17.5 Å². The van der Waals surface area contributed by atoms with Crippen molar-refractivity contribution in [2.45, 2.75) is 6.61 Å². The van der Waals surface area contributed by atoms with Crippen LogP contribution in [0.5, 0.6) is 11.5 Å². The number of non-ortho nitro benzene ring substituents is 1. The standard InChI is InChI=1S/C25H17ClFN3O7/c1-36-21-11-14(10-19(26)22(21)37-13-15-5-2-3-8-20(15)27)9-18-23(31)28-25(33)29(24(18)32)16-6-4-7-17(12-16)30(34)35/h2-12H,13H2,1H3,(H,28,31,33)/b18-9+. The largest absolute Gasteiger partial charge is 0.493 e. The predicted molar refractivity (Wildman–Crippen MR) is 131 cm³/mol. The topological polar surface area (TPSA) is 128 Å². The number of amides is 4. The minimum absolute atomic E-state index is 0.0535. The first-order valence-corrected chi connectivity index (χ1v) is 11.0. The highest BCUT2D eigenvalue weighted by molar-refractivity contribution is 6.39. The van der Waals surface area contributed by atoms with Crippen molar-refractivity contribution in [3.63, 3.8) is 0 Å². The first-order chi connectivity index (χ1) is 17.7. The number of nitro groups is 1. The average Bonchev–Trinajstić information content (AvgIpc) is 2.86. The highest BCUT2D eigenvalue weighted by Gasteiger charge is 2.37. The molecule has 0 aliphatic carbocycles. The van der Waals surface area contributed by atoms with E-state index in [9.17, 15) is 28.9 Å². The van der Waals surface area contributed by atoms with Gasteiger partial charge in [-0.25, -0.2) is 14.1 Å². The Bertz CT molecular complexity index is 1470. The second-order valence-corrected chi connectivity index (χ2v) is 8.06. The van der Waals surface area contributed by atoms with Crippen LogP contribution in [0, 0.1) is 15.9 Å². The molecule has 10 nitrogen and oxygen atoms in total. The molecule has 1 aliphatic rings. The number of urea groups is 1. The van der Waals surface area contributed by atoms with Crippen molar-refractivity contribution in [1.29, 1.82) is 0 Å². The minimum Gasteiger partial charge on any atom is -0.493 e. The molecule has 4 amide bonds. The Morgan fingerprint density at radius 3 is 2.57 bits per heavy atom.